The predicted octanol–water partition coefficient (Wildman–Crippen LogP) is 3.91. The number of amides is 2. The number of alkyl halides is 6. The number of ether oxygens (including phenoxy) is 1. The molecule has 0 aromatic heterocycles. The Labute approximate surface area is 144 Å². The van der Waals surface area contributed by atoms with Crippen molar-refractivity contribution in [3.63, 3.8) is 0 Å². The summed E-state index contributed by atoms with van der Waals surface area (Å²) in [6.07, 6.45) is -9.04. The maximum atomic E-state index is 12.8. The molecule has 4 rings (SSSR count). The molecular weight excluding hydrogens is 366 g/mol. The molecule has 0 radical (unpaired) electrons. The van der Waals surface area contributed by atoms with E-state index in [1.54, 1.807) is 6.07 Å². The Hall–Kier alpha value is -2.13. The highest BCUT2D eigenvalue weighted by Gasteiger charge is 2.79. The van der Waals surface area contributed by atoms with Gasteiger partial charge in [-0.15, -0.1) is 0 Å². The minimum absolute atomic E-state index is 0.00794. The lowest BCUT2D eigenvalue weighted by atomic mass is 9.39. The highest BCUT2D eigenvalue weighted by molar-refractivity contribution is 5.75. The van der Waals surface area contributed by atoms with Crippen molar-refractivity contribution in [3.8, 4) is 5.75 Å². The summed E-state index contributed by atoms with van der Waals surface area (Å²) in [6.45, 7) is -1.41. The minimum atomic E-state index is -4.45. The second-order valence-electron chi connectivity index (χ2n) is 6.95. The topological polar surface area (TPSA) is 50.4 Å². The quantitative estimate of drug-likeness (QED) is 0.759. The first kappa shape index (κ1) is 18.7. The van der Waals surface area contributed by atoms with Gasteiger partial charge in [-0.25, -0.2) is 4.79 Å². The molecule has 3 saturated carbocycles. The first-order valence-corrected chi connectivity index (χ1v) is 7.83. The van der Waals surface area contributed by atoms with Crippen molar-refractivity contribution >= 4 is 6.03 Å². The molecule has 2 N–H and O–H groups in total. The summed E-state index contributed by atoms with van der Waals surface area (Å²) in [4.78, 5) is 11.9. The van der Waals surface area contributed by atoms with Gasteiger partial charge >= 0.3 is 18.4 Å². The van der Waals surface area contributed by atoms with Crippen LogP contribution in [0.4, 0.5) is 31.1 Å². The van der Waals surface area contributed by atoms with E-state index in [4.69, 9.17) is 0 Å². The molecule has 2 bridgehead atoms. The predicted molar refractivity (Wildman–Crippen MR) is 78.4 cm³/mol. The normalized spacial score (nSPS) is 27.2. The highest BCUT2D eigenvalue weighted by atomic mass is 19.4. The van der Waals surface area contributed by atoms with Gasteiger partial charge in [0.1, 0.15) is 5.75 Å². The summed E-state index contributed by atoms with van der Waals surface area (Å²) in [7, 11) is 0. The highest BCUT2D eigenvalue weighted by Crippen LogP contribution is 2.73. The van der Waals surface area contributed by atoms with Crippen molar-refractivity contribution in [3.05, 3.63) is 29.8 Å². The van der Waals surface area contributed by atoms with Gasteiger partial charge in [0.2, 0.25) is 0 Å². The van der Waals surface area contributed by atoms with Crippen LogP contribution in [0.1, 0.15) is 24.8 Å². The van der Waals surface area contributed by atoms with Crippen LogP contribution in [0.15, 0.2) is 24.3 Å². The summed E-state index contributed by atoms with van der Waals surface area (Å²) in [5, 5.41) is 5.05. The van der Waals surface area contributed by atoms with Crippen LogP contribution < -0.4 is 15.4 Å². The van der Waals surface area contributed by atoms with Gasteiger partial charge in [-0.05, 0) is 37.0 Å². The lowest BCUT2D eigenvalue weighted by Crippen LogP contribution is -2.79. The monoisotopic (exact) mass is 382 g/mol. The molecule has 26 heavy (non-hydrogen) atoms. The lowest BCUT2D eigenvalue weighted by Gasteiger charge is -2.70. The van der Waals surface area contributed by atoms with Gasteiger partial charge in [0, 0.05) is 12.1 Å². The van der Waals surface area contributed by atoms with Crippen molar-refractivity contribution < 1.29 is 35.9 Å². The van der Waals surface area contributed by atoms with Crippen molar-refractivity contribution in [1.82, 2.24) is 10.6 Å². The third-order valence-electron chi connectivity index (χ3n) is 4.76. The molecule has 3 aliphatic rings. The largest absolute Gasteiger partial charge is 0.484 e. The smallest absolute Gasteiger partial charge is 0.422 e. The van der Waals surface area contributed by atoms with E-state index in [2.05, 4.69) is 15.4 Å². The number of urea groups is 1. The molecule has 4 nitrogen and oxygen atoms in total. The van der Waals surface area contributed by atoms with Gasteiger partial charge in [-0.3, -0.25) is 0 Å². The van der Waals surface area contributed by atoms with E-state index < -0.39 is 35.9 Å². The van der Waals surface area contributed by atoms with Crippen LogP contribution in [0.3, 0.4) is 0 Å². The number of carbonyl (C=O) groups excluding carboxylic acids is 1. The van der Waals surface area contributed by atoms with Gasteiger partial charge in [-0.1, -0.05) is 12.1 Å². The van der Waals surface area contributed by atoms with E-state index >= 15 is 0 Å². The van der Waals surface area contributed by atoms with Crippen LogP contribution in [-0.2, 0) is 6.54 Å². The maximum Gasteiger partial charge on any atom is 0.422 e. The van der Waals surface area contributed by atoms with Crippen molar-refractivity contribution in [1.29, 1.82) is 0 Å². The Bertz CT molecular complexity index is 681. The number of nitrogens with one attached hydrogen (secondary N) is 2. The van der Waals surface area contributed by atoms with Crippen LogP contribution in [0.25, 0.3) is 0 Å². The van der Waals surface area contributed by atoms with Gasteiger partial charge in [0.25, 0.3) is 0 Å². The summed E-state index contributed by atoms with van der Waals surface area (Å²) >= 11 is 0. The Morgan fingerprint density at radius 2 is 1.77 bits per heavy atom. The Morgan fingerprint density at radius 3 is 2.35 bits per heavy atom. The van der Waals surface area contributed by atoms with Crippen LogP contribution in [0.5, 0.6) is 5.75 Å². The van der Waals surface area contributed by atoms with Crippen molar-refractivity contribution in [2.75, 3.05) is 6.61 Å². The number of rotatable bonds is 5. The average Bonchev–Trinajstić information content (AvgIpc) is 2.43. The third kappa shape index (κ3) is 3.68. The second-order valence-corrected chi connectivity index (χ2v) is 6.95. The Balaban J connectivity index is 1.45. The zero-order valence-corrected chi connectivity index (χ0v) is 13.4. The van der Waals surface area contributed by atoms with Gasteiger partial charge in [-0.2, -0.15) is 26.3 Å². The van der Waals surface area contributed by atoms with Crippen LogP contribution in [-0.4, -0.2) is 30.5 Å². The SMILES string of the molecule is O=C(NCc1cccc(OCC(F)(F)F)c1)NC12CC(C(F)(F)F)(C1)C2. The molecular formula is C16H16F6N2O2. The Kier molecular flexibility index (Phi) is 4.27. The molecule has 2 amide bonds. The molecule has 0 unspecified atom stereocenters. The molecule has 144 valence electrons. The number of benzene rings is 1. The number of hydrogen-bond donors (Lipinski definition) is 2. The van der Waals surface area contributed by atoms with Gasteiger partial charge in [0.15, 0.2) is 6.61 Å². The molecule has 0 atom stereocenters. The molecule has 3 fully saturated rings. The maximum absolute atomic E-state index is 12.8. The van der Waals surface area contributed by atoms with Crippen molar-refractivity contribution in [2.45, 2.75) is 43.7 Å². The van der Waals surface area contributed by atoms with Crippen LogP contribution >= 0.6 is 0 Å². The molecule has 1 aromatic rings. The minimum Gasteiger partial charge on any atom is -0.484 e. The summed E-state index contributed by atoms with van der Waals surface area (Å²) in [6, 6.07) is 5.16. The van der Waals surface area contributed by atoms with Crippen molar-refractivity contribution in [2.24, 2.45) is 5.41 Å². The molecule has 10 heteroatoms. The first-order chi connectivity index (χ1) is 11.9. The molecule has 0 spiro atoms. The fourth-order valence-electron chi connectivity index (χ4n) is 3.60. The second kappa shape index (κ2) is 5.95. The van der Waals surface area contributed by atoms with E-state index in [1.165, 1.54) is 18.2 Å². The zero-order valence-electron chi connectivity index (χ0n) is 13.4. The van der Waals surface area contributed by atoms with Gasteiger partial charge in [0.05, 0.1) is 5.41 Å². The third-order valence-corrected chi connectivity index (χ3v) is 4.76. The van der Waals surface area contributed by atoms with E-state index in [0.717, 1.165) is 0 Å². The zero-order chi connectivity index (χ0) is 19.2. The summed E-state index contributed by atoms with van der Waals surface area (Å²) < 4.78 is 79.3. The number of hydrogen-bond acceptors (Lipinski definition) is 2. The standard InChI is InChI=1S/C16H16F6N2O2/c17-15(18,19)9-26-11-3-1-2-10(4-11)5-23-12(25)24-14-6-13(7-14,8-14)16(20,21)22/h1-4H,5-9H2,(H2,23,24,25). The fraction of sp³-hybridized carbons (Fsp3) is 0.562. The van der Waals surface area contributed by atoms with Crippen LogP contribution in [0.2, 0.25) is 0 Å². The summed E-state index contributed by atoms with van der Waals surface area (Å²) in [5.74, 6) is 0.00794. The first-order valence-electron chi connectivity index (χ1n) is 7.83. The fourth-order valence-corrected chi connectivity index (χ4v) is 3.60. The Morgan fingerprint density at radius 1 is 1.12 bits per heavy atom. The van der Waals surface area contributed by atoms with E-state index in [0.29, 0.717) is 5.56 Å². The number of halogens is 6. The van der Waals surface area contributed by atoms with Gasteiger partial charge < -0.3 is 15.4 Å². The van der Waals surface area contributed by atoms with E-state index in [1.807, 2.05) is 0 Å². The molecule has 3 aliphatic carbocycles. The molecule has 1 aromatic carbocycles. The average molecular weight is 382 g/mol. The molecule has 0 saturated heterocycles. The van der Waals surface area contributed by atoms with Crippen LogP contribution in [0, 0.1) is 5.41 Å². The summed E-state index contributed by atoms with van der Waals surface area (Å²) in [5.41, 5.74) is -1.94. The van der Waals surface area contributed by atoms with E-state index in [9.17, 15) is 31.1 Å². The van der Waals surface area contributed by atoms with E-state index in [-0.39, 0.29) is 31.6 Å². The number of carbonyl (C=O) groups is 1. The molecule has 0 aliphatic heterocycles. The lowest BCUT2D eigenvalue weighted by molar-refractivity contribution is -0.336. The molecule has 0 heterocycles.